The van der Waals surface area contributed by atoms with E-state index < -0.39 is 11.9 Å². The molecule has 6 nitrogen and oxygen atoms in total. The molecule has 8 heteroatoms. The molecule has 0 radical (unpaired) electrons. The number of aliphatic hydroxyl groups is 1. The number of carboxylic acid groups (broad SMARTS) is 1. The smallest absolute Gasteiger partial charge is 0.344 e. The first kappa shape index (κ1) is 15.6. The second-order valence-electron chi connectivity index (χ2n) is 2.52. The Hall–Kier alpha value is -0.440. The Morgan fingerprint density at radius 3 is 2.31 bits per heavy atom. The van der Waals surface area contributed by atoms with Gasteiger partial charge in [0.05, 0.1) is 19.8 Å². The van der Waals surface area contributed by atoms with Crippen LogP contribution in [0.3, 0.4) is 0 Å². The lowest BCUT2D eigenvalue weighted by Gasteiger charge is -2.05. The number of rotatable bonds is 7. The van der Waals surface area contributed by atoms with Gasteiger partial charge in [0.25, 0.3) is 5.91 Å². The molecule has 0 saturated carbocycles. The van der Waals surface area contributed by atoms with Crippen LogP contribution in [0.2, 0.25) is 0 Å². The Bertz CT molecular complexity index is 292. The average Bonchev–Trinajstić information content (AvgIpc) is 2.26. The molecule has 0 aliphatic carbocycles. The second-order valence-corrected chi connectivity index (χ2v) is 4.11. The molecule has 1 amide bonds. The van der Waals surface area contributed by atoms with Crippen molar-refractivity contribution in [3.05, 3.63) is 8.96 Å². The van der Waals surface area contributed by atoms with E-state index in [4.69, 9.17) is 14.9 Å². The number of halogens is 2. The summed E-state index contributed by atoms with van der Waals surface area (Å²) in [5, 5.41) is 19.4. The van der Waals surface area contributed by atoms with Gasteiger partial charge in [-0.05, 0) is 31.9 Å². The molecule has 0 fully saturated rings. The standard InChI is InChI=1S/C8H11Br2NO5/c9-5(6(10)8(14)15)7(13)11-1-3-16-4-2-12/h12H,1-4H2,(H,11,13)(H,14,15)/b6-5-. The fourth-order valence-electron chi connectivity index (χ4n) is 0.675. The molecule has 0 atom stereocenters. The Balaban J connectivity index is 3.98. The molecule has 0 spiro atoms. The molecule has 0 bridgehead atoms. The maximum atomic E-state index is 11.3. The van der Waals surface area contributed by atoms with Gasteiger partial charge >= 0.3 is 5.97 Å². The van der Waals surface area contributed by atoms with Gasteiger partial charge in [-0.15, -0.1) is 0 Å². The molecule has 0 rings (SSSR count). The third kappa shape index (κ3) is 6.21. The highest BCUT2D eigenvalue weighted by molar-refractivity contribution is 9.14. The summed E-state index contributed by atoms with van der Waals surface area (Å²) in [6, 6.07) is 0. The molecule has 0 aromatic rings. The number of carbonyl (C=O) groups excluding carboxylic acids is 1. The maximum Gasteiger partial charge on any atom is 0.344 e. The Morgan fingerprint density at radius 2 is 1.81 bits per heavy atom. The van der Waals surface area contributed by atoms with Crippen LogP contribution in [0.4, 0.5) is 0 Å². The molecule has 16 heavy (non-hydrogen) atoms. The molecule has 0 aliphatic rings. The van der Waals surface area contributed by atoms with E-state index in [1.165, 1.54) is 0 Å². The van der Waals surface area contributed by atoms with Gasteiger partial charge in [-0.25, -0.2) is 4.79 Å². The van der Waals surface area contributed by atoms with E-state index in [0.29, 0.717) is 0 Å². The maximum absolute atomic E-state index is 11.3. The predicted octanol–water partition coefficient (Wildman–Crippen LogP) is 0.198. The fraction of sp³-hybridized carbons (Fsp3) is 0.500. The first-order valence-electron chi connectivity index (χ1n) is 4.26. The van der Waals surface area contributed by atoms with E-state index in [-0.39, 0.29) is 35.3 Å². The van der Waals surface area contributed by atoms with Crippen LogP contribution in [-0.4, -0.2) is 48.5 Å². The number of carbonyl (C=O) groups is 2. The topological polar surface area (TPSA) is 95.9 Å². The van der Waals surface area contributed by atoms with Gasteiger partial charge in [-0.3, -0.25) is 4.79 Å². The summed E-state index contributed by atoms with van der Waals surface area (Å²) in [4.78, 5) is 21.8. The molecule has 92 valence electrons. The van der Waals surface area contributed by atoms with Crippen molar-refractivity contribution in [2.45, 2.75) is 0 Å². The highest BCUT2D eigenvalue weighted by Crippen LogP contribution is 2.17. The minimum absolute atomic E-state index is 0.0812. The van der Waals surface area contributed by atoms with Crippen molar-refractivity contribution in [2.75, 3.05) is 26.4 Å². The monoisotopic (exact) mass is 359 g/mol. The molecular formula is C8H11Br2NO5. The summed E-state index contributed by atoms with van der Waals surface area (Å²) in [5.41, 5.74) is 0. The number of hydrogen-bond donors (Lipinski definition) is 3. The molecular weight excluding hydrogens is 350 g/mol. The number of nitrogens with one attached hydrogen (secondary N) is 1. The molecule has 0 saturated heterocycles. The van der Waals surface area contributed by atoms with Gasteiger partial charge in [0.2, 0.25) is 0 Å². The number of ether oxygens (including phenoxy) is 1. The molecule has 3 N–H and O–H groups in total. The van der Waals surface area contributed by atoms with Crippen LogP contribution in [0.15, 0.2) is 8.96 Å². The zero-order chi connectivity index (χ0) is 12.6. The number of hydrogen-bond acceptors (Lipinski definition) is 4. The quantitative estimate of drug-likeness (QED) is 0.445. The van der Waals surface area contributed by atoms with Gasteiger partial charge in [0.1, 0.15) is 8.96 Å². The second kappa shape index (κ2) is 8.68. The van der Waals surface area contributed by atoms with Gasteiger partial charge in [-0.2, -0.15) is 0 Å². The Morgan fingerprint density at radius 1 is 1.19 bits per heavy atom. The van der Waals surface area contributed by atoms with E-state index in [0.717, 1.165) is 0 Å². The number of amides is 1. The Kier molecular flexibility index (Phi) is 8.44. The lowest BCUT2D eigenvalue weighted by Crippen LogP contribution is -2.28. The van der Waals surface area contributed by atoms with Crippen LogP contribution >= 0.6 is 31.9 Å². The van der Waals surface area contributed by atoms with Crippen molar-refractivity contribution >= 4 is 43.7 Å². The van der Waals surface area contributed by atoms with E-state index in [1.54, 1.807) is 0 Å². The van der Waals surface area contributed by atoms with Crippen molar-refractivity contribution in [1.82, 2.24) is 5.32 Å². The zero-order valence-electron chi connectivity index (χ0n) is 8.20. The molecule has 0 aromatic heterocycles. The summed E-state index contributed by atoms with van der Waals surface area (Å²) in [6.45, 7) is 0.596. The first-order valence-corrected chi connectivity index (χ1v) is 5.84. The van der Waals surface area contributed by atoms with Gasteiger partial charge in [-0.1, -0.05) is 0 Å². The highest BCUT2D eigenvalue weighted by Gasteiger charge is 2.15. The summed E-state index contributed by atoms with van der Waals surface area (Å²) in [7, 11) is 0. The summed E-state index contributed by atoms with van der Waals surface area (Å²) >= 11 is 5.60. The van der Waals surface area contributed by atoms with Crippen LogP contribution < -0.4 is 5.32 Å². The van der Waals surface area contributed by atoms with E-state index in [9.17, 15) is 9.59 Å². The Labute approximate surface area is 109 Å². The molecule has 0 heterocycles. The van der Waals surface area contributed by atoms with E-state index in [2.05, 4.69) is 37.2 Å². The summed E-state index contributed by atoms with van der Waals surface area (Å²) < 4.78 is 4.55. The normalized spacial score (nSPS) is 11.9. The lowest BCUT2D eigenvalue weighted by atomic mass is 10.4. The van der Waals surface area contributed by atoms with Gasteiger partial charge in [0.15, 0.2) is 0 Å². The summed E-state index contributed by atoms with van der Waals surface area (Å²) in [6.07, 6.45) is 0. The van der Waals surface area contributed by atoms with Crippen LogP contribution in [0, 0.1) is 0 Å². The summed E-state index contributed by atoms with van der Waals surface area (Å²) in [5.74, 6) is -1.79. The lowest BCUT2D eigenvalue weighted by molar-refractivity contribution is -0.132. The predicted molar refractivity (Wildman–Crippen MR) is 63.4 cm³/mol. The van der Waals surface area contributed by atoms with E-state index >= 15 is 0 Å². The number of carboxylic acids is 1. The molecule has 0 aliphatic heterocycles. The van der Waals surface area contributed by atoms with Crippen LogP contribution in [-0.2, 0) is 14.3 Å². The highest BCUT2D eigenvalue weighted by atomic mass is 79.9. The van der Waals surface area contributed by atoms with Crippen LogP contribution in [0.1, 0.15) is 0 Å². The van der Waals surface area contributed by atoms with Crippen LogP contribution in [0.5, 0.6) is 0 Å². The average molecular weight is 361 g/mol. The van der Waals surface area contributed by atoms with Crippen molar-refractivity contribution in [3.8, 4) is 0 Å². The minimum atomic E-state index is -1.24. The van der Waals surface area contributed by atoms with Crippen molar-refractivity contribution in [1.29, 1.82) is 0 Å². The van der Waals surface area contributed by atoms with Crippen molar-refractivity contribution in [3.63, 3.8) is 0 Å². The minimum Gasteiger partial charge on any atom is -0.477 e. The van der Waals surface area contributed by atoms with Crippen molar-refractivity contribution < 1.29 is 24.5 Å². The molecule has 0 unspecified atom stereocenters. The number of aliphatic hydroxyl groups excluding tert-OH is 1. The van der Waals surface area contributed by atoms with Crippen molar-refractivity contribution in [2.24, 2.45) is 0 Å². The molecule has 0 aromatic carbocycles. The van der Waals surface area contributed by atoms with Crippen LogP contribution in [0.25, 0.3) is 0 Å². The number of aliphatic carboxylic acids is 1. The third-order valence-electron chi connectivity index (χ3n) is 1.35. The third-order valence-corrected chi connectivity index (χ3v) is 3.37. The fourth-order valence-corrected chi connectivity index (χ4v) is 1.16. The van der Waals surface area contributed by atoms with Gasteiger partial charge < -0.3 is 20.3 Å². The van der Waals surface area contributed by atoms with E-state index in [1.807, 2.05) is 0 Å². The SMILES string of the molecule is O=C(O)/C(Br)=C(/Br)C(=O)NCCOCCO. The van der Waals surface area contributed by atoms with Gasteiger partial charge in [0, 0.05) is 6.54 Å². The zero-order valence-corrected chi connectivity index (χ0v) is 11.4. The largest absolute Gasteiger partial charge is 0.477 e. The first-order chi connectivity index (χ1) is 7.50.